The second-order valence-corrected chi connectivity index (χ2v) is 17.2. The monoisotopic (exact) mass is 730 g/mol. The van der Waals surface area contributed by atoms with E-state index in [1.54, 1.807) is 16.7 Å². The van der Waals surface area contributed by atoms with Crippen molar-refractivity contribution in [2.24, 2.45) is 34.6 Å². The molecule has 5 aromatic rings. The first-order valence-electron chi connectivity index (χ1n) is 21.0. The van der Waals surface area contributed by atoms with Crippen molar-refractivity contribution < 1.29 is 0 Å². The minimum absolute atomic E-state index is 0.161. The minimum Gasteiger partial charge on any atom is -0.335 e. The molecule has 0 fully saturated rings. The highest BCUT2D eigenvalue weighted by Crippen LogP contribution is 2.43. The van der Waals surface area contributed by atoms with Crippen molar-refractivity contribution in [3.05, 3.63) is 165 Å². The van der Waals surface area contributed by atoms with Crippen LogP contribution in [0.1, 0.15) is 73.9 Å². The molecule has 278 valence electrons. The van der Waals surface area contributed by atoms with Gasteiger partial charge in [-0.3, -0.25) is 0 Å². The van der Waals surface area contributed by atoms with Crippen molar-refractivity contribution in [2.45, 2.75) is 58.7 Å². The van der Waals surface area contributed by atoms with Crippen molar-refractivity contribution in [3.63, 3.8) is 0 Å². The molecule has 4 heteroatoms. The summed E-state index contributed by atoms with van der Waals surface area (Å²) in [6.07, 6.45) is 30.8. The normalized spacial score (nSPS) is 26.1. The van der Waals surface area contributed by atoms with Crippen LogP contribution in [0.5, 0.6) is 0 Å². The first kappa shape index (κ1) is 33.7. The molecule has 6 unspecified atom stereocenters. The Morgan fingerprint density at radius 2 is 1.52 bits per heavy atom. The Morgan fingerprint density at radius 1 is 0.732 bits per heavy atom. The van der Waals surface area contributed by atoms with Crippen LogP contribution in [-0.4, -0.2) is 21.9 Å². The van der Waals surface area contributed by atoms with Gasteiger partial charge in [0, 0.05) is 57.2 Å². The van der Waals surface area contributed by atoms with Gasteiger partial charge in [0.05, 0.1) is 11.2 Å². The van der Waals surface area contributed by atoms with Crippen LogP contribution in [0.3, 0.4) is 0 Å². The van der Waals surface area contributed by atoms with Gasteiger partial charge in [-0.05, 0) is 115 Å². The SMILES string of the molecule is CC1CC=C(C2=NC(n3c4c(c5ccccc53)=CC(C3C=Cc5c(c6c(n5-c5ccccc5)C=CC(C5=CC=CCC5C)C6)C3)CC=4)N(C)c3ccccc32)C1. The van der Waals surface area contributed by atoms with E-state index in [9.17, 15) is 0 Å². The average Bonchev–Trinajstić information content (AvgIpc) is 3.92. The zero-order valence-corrected chi connectivity index (χ0v) is 32.8. The van der Waals surface area contributed by atoms with Gasteiger partial charge in [0.15, 0.2) is 0 Å². The molecule has 0 N–H and O–H groups in total. The first-order valence-corrected chi connectivity index (χ1v) is 21.0. The molecule has 0 saturated carbocycles. The summed E-state index contributed by atoms with van der Waals surface area (Å²) in [5.41, 5.74) is 15.0. The van der Waals surface area contributed by atoms with Crippen molar-refractivity contribution >= 4 is 46.6 Å². The predicted molar refractivity (Wildman–Crippen MR) is 234 cm³/mol. The smallest absolute Gasteiger partial charge is 0.203 e. The van der Waals surface area contributed by atoms with Gasteiger partial charge in [-0.25, -0.2) is 4.99 Å². The average molecular weight is 731 g/mol. The van der Waals surface area contributed by atoms with E-state index in [0.29, 0.717) is 29.6 Å². The molecule has 0 radical (unpaired) electrons. The number of aromatic nitrogens is 2. The van der Waals surface area contributed by atoms with E-state index < -0.39 is 0 Å². The van der Waals surface area contributed by atoms with Gasteiger partial charge in [0.25, 0.3) is 0 Å². The summed E-state index contributed by atoms with van der Waals surface area (Å²) in [7, 11) is 2.22. The first-order chi connectivity index (χ1) is 27.5. The highest BCUT2D eigenvalue weighted by atomic mass is 15.4. The molecule has 6 aliphatic rings. The molecule has 11 rings (SSSR count). The quantitative estimate of drug-likeness (QED) is 0.177. The topological polar surface area (TPSA) is 25.5 Å². The van der Waals surface area contributed by atoms with Gasteiger partial charge < -0.3 is 14.0 Å². The van der Waals surface area contributed by atoms with Gasteiger partial charge in [-0.15, -0.1) is 0 Å². The number of nitrogens with zero attached hydrogens (tertiary/aromatic N) is 4. The Labute approximate surface area is 330 Å². The Hall–Kier alpha value is -5.61. The third-order valence-corrected chi connectivity index (χ3v) is 13.7. The highest BCUT2D eigenvalue weighted by Gasteiger charge is 2.35. The van der Waals surface area contributed by atoms with E-state index in [0.717, 1.165) is 38.5 Å². The maximum Gasteiger partial charge on any atom is 0.203 e. The van der Waals surface area contributed by atoms with Crippen LogP contribution < -0.4 is 15.5 Å². The number of rotatable bonds is 5. The molecule has 0 spiro atoms. The van der Waals surface area contributed by atoms with Gasteiger partial charge in [0.1, 0.15) is 0 Å². The van der Waals surface area contributed by atoms with Crippen molar-refractivity contribution in [1.29, 1.82) is 0 Å². The fourth-order valence-electron chi connectivity index (χ4n) is 10.9. The largest absolute Gasteiger partial charge is 0.335 e. The lowest BCUT2D eigenvalue weighted by Gasteiger charge is -2.36. The third-order valence-electron chi connectivity index (χ3n) is 13.7. The number of benzene rings is 3. The molecule has 0 amide bonds. The predicted octanol–water partition coefficient (Wildman–Crippen LogP) is 10.4. The van der Waals surface area contributed by atoms with Crippen LogP contribution in [0.25, 0.3) is 40.9 Å². The van der Waals surface area contributed by atoms with E-state index in [2.05, 4.69) is 175 Å². The second kappa shape index (κ2) is 13.3. The molecule has 1 aliphatic heterocycles. The molecule has 4 nitrogen and oxygen atoms in total. The zero-order valence-electron chi connectivity index (χ0n) is 32.8. The lowest BCUT2D eigenvalue weighted by molar-refractivity contribution is 0.489. The highest BCUT2D eigenvalue weighted by molar-refractivity contribution is 6.17. The summed E-state index contributed by atoms with van der Waals surface area (Å²) in [5, 5.41) is 4.00. The van der Waals surface area contributed by atoms with Crippen molar-refractivity contribution in [1.82, 2.24) is 9.13 Å². The van der Waals surface area contributed by atoms with Crippen LogP contribution in [0.15, 0.2) is 131 Å². The second-order valence-electron chi connectivity index (χ2n) is 17.2. The molecule has 2 aromatic heterocycles. The van der Waals surface area contributed by atoms with E-state index in [1.165, 1.54) is 61.1 Å². The molecule has 5 aliphatic carbocycles. The van der Waals surface area contributed by atoms with Gasteiger partial charge in [-0.2, -0.15) is 0 Å². The summed E-state index contributed by atoms with van der Waals surface area (Å²) in [5.74, 6) is 2.54. The summed E-state index contributed by atoms with van der Waals surface area (Å²) >= 11 is 0. The Balaban J connectivity index is 0.992. The van der Waals surface area contributed by atoms with Crippen LogP contribution in [-0.2, 0) is 12.8 Å². The molecule has 3 heterocycles. The van der Waals surface area contributed by atoms with Crippen LogP contribution in [0, 0.1) is 29.6 Å². The van der Waals surface area contributed by atoms with Gasteiger partial charge >= 0.3 is 0 Å². The standard InChI is InChI=1S/C52H50N4/c1-33-21-22-38(29-33)51-42-18-10-11-19-46(42)54(3)52(53-51)56-47-20-12-9-17-41(47)43-30-35(24-27-50(43)56)36-23-26-48-44(31-36)45-32-37(40-16-8-7-13-34(40)2)25-28-49(45)55(48)39-14-5-4-6-15-39/h4-12,14-20,22-23,25-28,30,33-37,52H,13,21,24,29,31-32H2,1-3H3. The minimum atomic E-state index is -0.161. The molecule has 3 aromatic carbocycles. The van der Waals surface area contributed by atoms with Crippen molar-refractivity contribution in [3.8, 4) is 5.69 Å². The molecular formula is C52H50N4. The molecule has 56 heavy (non-hydrogen) atoms. The van der Waals surface area contributed by atoms with E-state index in [-0.39, 0.29) is 6.29 Å². The van der Waals surface area contributed by atoms with E-state index >= 15 is 0 Å². The third kappa shape index (κ3) is 5.29. The maximum absolute atomic E-state index is 5.64. The van der Waals surface area contributed by atoms with Crippen LogP contribution >= 0.6 is 0 Å². The number of anilines is 1. The van der Waals surface area contributed by atoms with Gasteiger partial charge in [-0.1, -0.05) is 123 Å². The lowest BCUT2D eigenvalue weighted by atomic mass is 9.75. The van der Waals surface area contributed by atoms with E-state index in [1.807, 2.05) is 0 Å². The Morgan fingerprint density at radius 3 is 2.36 bits per heavy atom. The Bertz CT molecular complexity index is 2720. The number of para-hydroxylation sites is 3. The van der Waals surface area contributed by atoms with Crippen molar-refractivity contribution in [2.75, 3.05) is 11.9 Å². The van der Waals surface area contributed by atoms with E-state index in [4.69, 9.17) is 4.99 Å². The fourth-order valence-corrected chi connectivity index (χ4v) is 10.9. The fraction of sp³-hybridized carbons (Fsp3) is 0.288. The zero-order chi connectivity index (χ0) is 37.5. The number of hydrogen-bond acceptors (Lipinski definition) is 2. The molecule has 0 bridgehead atoms. The molecule has 6 atom stereocenters. The summed E-state index contributed by atoms with van der Waals surface area (Å²) in [4.78, 5) is 8.03. The Kier molecular flexibility index (Phi) is 7.98. The number of allylic oxidation sites excluding steroid dienone is 8. The number of aliphatic imine (C=N–C) groups is 1. The molecule has 0 saturated heterocycles. The van der Waals surface area contributed by atoms with Crippen LogP contribution in [0.2, 0.25) is 0 Å². The summed E-state index contributed by atoms with van der Waals surface area (Å²) in [6, 6.07) is 28.9. The maximum atomic E-state index is 5.64. The summed E-state index contributed by atoms with van der Waals surface area (Å²) in [6.45, 7) is 4.75. The number of fused-ring (bicyclic) bond motifs is 7. The summed E-state index contributed by atoms with van der Waals surface area (Å²) < 4.78 is 5.06. The van der Waals surface area contributed by atoms with Crippen LogP contribution in [0.4, 0.5) is 5.69 Å². The lowest BCUT2D eigenvalue weighted by Crippen LogP contribution is -2.42. The number of hydrogen-bond donors (Lipinski definition) is 0. The molecular weight excluding hydrogens is 681 g/mol. The van der Waals surface area contributed by atoms with Gasteiger partial charge in [0.2, 0.25) is 6.29 Å².